The summed E-state index contributed by atoms with van der Waals surface area (Å²) >= 11 is 0. The van der Waals surface area contributed by atoms with Crippen LogP contribution in [0.4, 0.5) is 10.2 Å². The predicted octanol–water partition coefficient (Wildman–Crippen LogP) is 4.77. The molecule has 2 amide bonds. The maximum absolute atomic E-state index is 13.5. The number of anilines is 1. The number of aliphatic hydroxyl groups excluding tert-OH is 1. The van der Waals surface area contributed by atoms with Crippen molar-refractivity contribution in [3.05, 3.63) is 95.8 Å². The van der Waals surface area contributed by atoms with Crippen LogP contribution in [0, 0.1) is 11.2 Å². The lowest BCUT2D eigenvalue weighted by Gasteiger charge is -2.32. The Morgan fingerprint density at radius 2 is 1.69 bits per heavy atom. The lowest BCUT2D eigenvalue weighted by atomic mass is 9.89. The molecule has 45 heavy (non-hydrogen) atoms. The SMILES string of the molecule is C/C=C(\CC(C)(C)C)NC(C)(C)C(=O)NC(COCc1ccccc1)C(=O)Nc1cn(C(C=O)c2ccc(F)cc2)cn1.CO. The van der Waals surface area contributed by atoms with Gasteiger partial charge in [-0.05, 0) is 55.9 Å². The smallest absolute Gasteiger partial charge is 0.250 e. The number of allylic oxidation sites excluding steroid dienone is 2. The highest BCUT2D eigenvalue weighted by molar-refractivity contribution is 5.98. The van der Waals surface area contributed by atoms with E-state index in [2.05, 4.69) is 41.7 Å². The lowest BCUT2D eigenvalue weighted by Crippen LogP contribution is -2.58. The third-order valence-electron chi connectivity index (χ3n) is 6.64. The molecule has 1 aromatic heterocycles. The molecule has 0 spiro atoms. The van der Waals surface area contributed by atoms with E-state index >= 15 is 0 Å². The van der Waals surface area contributed by atoms with Crippen LogP contribution in [0.2, 0.25) is 0 Å². The van der Waals surface area contributed by atoms with Crippen LogP contribution in [0.5, 0.6) is 0 Å². The molecule has 4 N–H and O–H groups in total. The number of carbonyl (C=O) groups excluding carboxylic acids is 3. The van der Waals surface area contributed by atoms with Crippen molar-refractivity contribution in [1.82, 2.24) is 20.2 Å². The first kappa shape index (κ1) is 36.8. The van der Waals surface area contributed by atoms with E-state index in [-0.39, 0.29) is 30.4 Å². The Labute approximate surface area is 265 Å². The Morgan fingerprint density at radius 1 is 1.04 bits per heavy atom. The quantitative estimate of drug-likeness (QED) is 0.190. The van der Waals surface area contributed by atoms with Gasteiger partial charge in [0.2, 0.25) is 5.91 Å². The monoisotopic (exact) mass is 623 g/mol. The molecular weight excluding hydrogens is 577 g/mol. The molecule has 0 saturated heterocycles. The maximum Gasteiger partial charge on any atom is 0.250 e. The van der Waals surface area contributed by atoms with Gasteiger partial charge in [-0.3, -0.25) is 9.59 Å². The van der Waals surface area contributed by atoms with Gasteiger partial charge in [0.25, 0.3) is 5.91 Å². The molecule has 2 aromatic carbocycles. The molecule has 0 aliphatic heterocycles. The predicted molar refractivity (Wildman–Crippen MR) is 173 cm³/mol. The summed E-state index contributed by atoms with van der Waals surface area (Å²) in [7, 11) is 1.00. The van der Waals surface area contributed by atoms with Gasteiger partial charge >= 0.3 is 0 Å². The molecule has 3 aromatic rings. The van der Waals surface area contributed by atoms with E-state index in [1.165, 1.54) is 41.4 Å². The number of carbonyl (C=O) groups is 3. The van der Waals surface area contributed by atoms with Gasteiger partial charge in [0.05, 0.1) is 19.5 Å². The van der Waals surface area contributed by atoms with E-state index in [0.717, 1.165) is 24.8 Å². The zero-order valence-corrected chi connectivity index (χ0v) is 27.1. The Balaban J connectivity index is 0.00000345. The Kier molecular flexibility index (Phi) is 14.1. The van der Waals surface area contributed by atoms with Gasteiger partial charge in [-0.25, -0.2) is 9.37 Å². The van der Waals surface area contributed by atoms with Crippen LogP contribution in [-0.2, 0) is 25.7 Å². The van der Waals surface area contributed by atoms with Gasteiger partial charge in [0, 0.05) is 19.0 Å². The minimum atomic E-state index is -1.04. The molecule has 0 fully saturated rings. The Hall–Kier alpha value is -4.35. The minimum absolute atomic E-state index is 0.0120. The number of benzene rings is 2. The molecule has 10 nitrogen and oxygen atoms in total. The van der Waals surface area contributed by atoms with Crippen LogP contribution in [-0.4, -0.2) is 58.1 Å². The van der Waals surface area contributed by atoms with Gasteiger partial charge in [-0.1, -0.05) is 69.3 Å². The Morgan fingerprint density at radius 3 is 2.27 bits per heavy atom. The van der Waals surface area contributed by atoms with E-state index in [1.54, 1.807) is 13.8 Å². The second kappa shape index (κ2) is 17.2. The molecule has 2 atom stereocenters. The number of aldehydes is 1. The summed E-state index contributed by atoms with van der Waals surface area (Å²) in [5.74, 6) is -1.15. The highest BCUT2D eigenvalue weighted by atomic mass is 19.1. The van der Waals surface area contributed by atoms with Crippen molar-refractivity contribution in [3.8, 4) is 0 Å². The summed E-state index contributed by atoms with van der Waals surface area (Å²) in [5, 5.41) is 15.9. The number of halogens is 1. The summed E-state index contributed by atoms with van der Waals surface area (Å²) < 4.78 is 20.7. The van der Waals surface area contributed by atoms with Gasteiger partial charge in [0.1, 0.15) is 29.7 Å². The van der Waals surface area contributed by atoms with E-state index in [9.17, 15) is 18.8 Å². The number of aliphatic hydroxyl groups is 1. The molecule has 0 bridgehead atoms. The van der Waals surface area contributed by atoms with E-state index in [4.69, 9.17) is 9.84 Å². The fraction of sp³-hybridized carbons (Fsp3) is 0.412. The van der Waals surface area contributed by atoms with E-state index in [0.29, 0.717) is 11.8 Å². The maximum atomic E-state index is 13.5. The standard InChI is InChI=1S/C33H42FN5O4.CH4O/c1-7-26(17-32(2,3)4)38-33(5,6)31(42)36-27(21-43-20-23-11-9-8-10-12-23)30(41)37-29-18-39(22-35-29)28(19-40)24-13-15-25(34)16-14-24;1-2/h7-16,18-19,22,27-28,38H,17,20-21H2,1-6H3,(H,36,42)(H,37,41);2H,1H3/b26-7+;. The number of amides is 2. The number of imidazole rings is 1. The van der Waals surface area contributed by atoms with Crippen molar-refractivity contribution in [1.29, 1.82) is 0 Å². The number of aromatic nitrogens is 2. The van der Waals surface area contributed by atoms with Crippen LogP contribution >= 0.6 is 0 Å². The molecule has 0 aliphatic carbocycles. The fourth-order valence-electron chi connectivity index (χ4n) is 4.39. The summed E-state index contributed by atoms with van der Waals surface area (Å²) in [4.78, 5) is 43.0. The van der Waals surface area contributed by atoms with Crippen LogP contribution in [0.15, 0.2) is 78.9 Å². The highest BCUT2D eigenvalue weighted by Gasteiger charge is 2.33. The van der Waals surface area contributed by atoms with Crippen molar-refractivity contribution >= 4 is 23.9 Å². The van der Waals surface area contributed by atoms with E-state index in [1.807, 2.05) is 43.3 Å². The van der Waals surface area contributed by atoms with Crippen molar-refractivity contribution in [2.24, 2.45) is 5.41 Å². The van der Waals surface area contributed by atoms with Gasteiger partial charge in [-0.2, -0.15) is 0 Å². The second-order valence-electron chi connectivity index (χ2n) is 12.2. The normalized spacial score (nSPS) is 13.1. The third kappa shape index (κ3) is 11.9. The highest BCUT2D eigenvalue weighted by Crippen LogP contribution is 2.24. The first-order chi connectivity index (χ1) is 21.3. The molecule has 0 radical (unpaired) electrons. The minimum Gasteiger partial charge on any atom is -0.400 e. The largest absolute Gasteiger partial charge is 0.400 e. The van der Waals surface area contributed by atoms with E-state index < -0.39 is 29.3 Å². The summed E-state index contributed by atoms with van der Waals surface area (Å²) in [6.45, 7) is 11.9. The fourth-order valence-corrected chi connectivity index (χ4v) is 4.39. The summed E-state index contributed by atoms with van der Waals surface area (Å²) in [5.41, 5.74) is 1.39. The van der Waals surface area contributed by atoms with Crippen molar-refractivity contribution in [2.45, 2.75) is 72.2 Å². The molecule has 1 heterocycles. The molecule has 244 valence electrons. The number of rotatable bonds is 14. The first-order valence-electron chi connectivity index (χ1n) is 14.7. The van der Waals surface area contributed by atoms with Crippen molar-refractivity contribution < 1.29 is 28.6 Å². The number of hydrogen-bond donors (Lipinski definition) is 4. The number of hydrogen-bond acceptors (Lipinski definition) is 7. The molecule has 0 saturated carbocycles. The zero-order valence-electron chi connectivity index (χ0n) is 27.1. The number of ether oxygens (including phenoxy) is 1. The van der Waals surface area contributed by atoms with Crippen molar-refractivity contribution in [3.63, 3.8) is 0 Å². The average molecular weight is 624 g/mol. The van der Waals surface area contributed by atoms with Crippen LogP contribution < -0.4 is 16.0 Å². The van der Waals surface area contributed by atoms with Gasteiger partial charge in [0.15, 0.2) is 5.82 Å². The number of nitrogens with one attached hydrogen (secondary N) is 3. The number of nitrogens with zero attached hydrogens (tertiary/aromatic N) is 2. The Bertz CT molecular complexity index is 1400. The van der Waals surface area contributed by atoms with Crippen LogP contribution in [0.25, 0.3) is 0 Å². The molecule has 0 aliphatic rings. The molecular formula is C34H46FN5O5. The topological polar surface area (TPSA) is 135 Å². The van der Waals surface area contributed by atoms with Crippen LogP contribution in [0.3, 0.4) is 0 Å². The second-order valence-corrected chi connectivity index (χ2v) is 12.2. The molecule has 2 unspecified atom stereocenters. The van der Waals surface area contributed by atoms with Crippen LogP contribution in [0.1, 0.15) is 65.1 Å². The molecule has 3 rings (SSSR count). The summed E-state index contributed by atoms with van der Waals surface area (Å²) in [6, 6.07) is 13.3. The van der Waals surface area contributed by atoms with Crippen molar-refractivity contribution in [2.75, 3.05) is 19.0 Å². The van der Waals surface area contributed by atoms with Gasteiger partial charge < -0.3 is 35.2 Å². The zero-order chi connectivity index (χ0) is 33.6. The first-order valence-corrected chi connectivity index (χ1v) is 14.7. The lowest BCUT2D eigenvalue weighted by molar-refractivity contribution is -0.131. The van der Waals surface area contributed by atoms with Gasteiger partial charge in [-0.15, -0.1) is 0 Å². The molecule has 11 heteroatoms. The summed E-state index contributed by atoms with van der Waals surface area (Å²) in [6.07, 6.45) is 6.29. The average Bonchev–Trinajstić information content (AvgIpc) is 3.46. The third-order valence-corrected chi connectivity index (χ3v) is 6.64.